The Kier molecular flexibility index (Phi) is 5.75. The normalized spacial score (nSPS) is 13.6. The van der Waals surface area contributed by atoms with Crippen molar-refractivity contribution in [2.24, 2.45) is 0 Å². The molecule has 1 fully saturated rings. The highest BCUT2D eigenvalue weighted by Crippen LogP contribution is 2.26. The summed E-state index contributed by atoms with van der Waals surface area (Å²) < 4.78 is 37.5. The van der Waals surface area contributed by atoms with Gasteiger partial charge in [0.05, 0.1) is 6.54 Å². The average Bonchev–Trinajstić information content (AvgIpc) is 3.35. The van der Waals surface area contributed by atoms with E-state index in [1.54, 1.807) is 29.8 Å². The standard InChI is InChI=1S/C24H22F2N6O3/c1-14-27-21(23-29-20(31-35-23)16-6-10-19(11-7-16)34-24(2,25)26)30-32(14)13-15-4-3-5-17(12-15)22(33)28-18-8-9-18/h3-7,10-12,18H,8-9,13H2,1-2H3,(H,28,33). The summed E-state index contributed by atoms with van der Waals surface area (Å²) in [6.07, 6.45) is -1.21. The van der Waals surface area contributed by atoms with Crippen LogP contribution >= 0.6 is 0 Å². The average molecular weight is 480 g/mol. The fourth-order valence-electron chi connectivity index (χ4n) is 3.45. The predicted octanol–water partition coefficient (Wildman–Crippen LogP) is 4.24. The van der Waals surface area contributed by atoms with E-state index >= 15 is 0 Å². The molecule has 1 saturated carbocycles. The second-order valence-electron chi connectivity index (χ2n) is 8.45. The summed E-state index contributed by atoms with van der Waals surface area (Å²) in [4.78, 5) is 21.1. The number of ether oxygens (including phenoxy) is 1. The molecule has 180 valence electrons. The third-order valence-electron chi connectivity index (χ3n) is 5.32. The highest BCUT2D eigenvalue weighted by molar-refractivity contribution is 5.94. The second kappa shape index (κ2) is 8.90. The quantitative estimate of drug-likeness (QED) is 0.402. The van der Waals surface area contributed by atoms with Crippen molar-refractivity contribution in [2.45, 2.75) is 45.4 Å². The van der Waals surface area contributed by atoms with Gasteiger partial charge in [-0.25, -0.2) is 9.67 Å². The zero-order chi connectivity index (χ0) is 24.6. The number of amides is 1. The van der Waals surface area contributed by atoms with Crippen LogP contribution in [0.5, 0.6) is 5.75 Å². The lowest BCUT2D eigenvalue weighted by molar-refractivity contribution is -0.158. The van der Waals surface area contributed by atoms with E-state index in [-0.39, 0.29) is 35.2 Å². The molecule has 5 rings (SSSR count). The van der Waals surface area contributed by atoms with Crippen molar-refractivity contribution in [1.29, 1.82) is 0 Å². The van der Waals surface area contributed by atoms with Gasteiger partial charge in [-0.2, -0.15) is 13.8 Å². The highest BCUT2D eigenvalue weighted by atomic mass is 19.3. The molecule has 1 N–H and O–H groups in total. The molecular weight excluding hydrogens is 458 g/mol. The monoisotopic (exact) mass is 480 g/mol. The number of rotatable bonds is 8. The van der Waals surface area contributed by atoms with E-state index in [9.17, 15) is 13.6 Å². The molecule has 2 aromatic heterocycles. The minimum atomic E-state index is -3.27. The maximum atomic E-state index is 13.0. The lowest BCUT2D eigenvalue weighted by atomic mass is 10.1. The molecule has 1 aliphatic carbocycles. The number of carbonyl (C=O) groups is 1. The molecule has 35 heavy (non-hydrogen) atoms. The molecule has 0 radical (unpaired) electrons. The van der Waals surface area contributed by atoms with E-state index in [0.717, 1.165) is 18.4 Å². The van der Waals surface area contributed by atoms with Gasteiger partial charge in [0.15, 0.2) is 0 Å². The molecule has 1 aliphatic rings. The first-order chi connectivity index (χ1) is 16.7. The Labute approximate surface area is 199 Å². The molecule has 0 bridgehead atoms. The molecular formula is C24H22F2N6O3. The van der Waals surface area contributed by atoms with Gasteiger partial charge in [0, 0.05) is 24.1 Å². The minimum absolute atomic E-state index is 0.0232. The summed E-state index contributed by atoms with van der Waals surface area (Å²) in [5.41, 5.74) is 2.07. The van der Waals surface area contributed by atoms with Crippen molar-refractivity contribution in [3.8, 4) is 28.9 Å². The third kappa shape index (κ3) is 5.51. The molecule has 2 heterocycles. The number of hydrogen-bond acceptors (Lipinski definition) is 7. The summed E-state index contributed by atoms with van der Waals surface area (Å²) in [5, 5.41) is 11.4. The molecule has 0 saturated heterocycles. The van der Waals surface area contributed by atoms with Gasteiger partial charge in [-0.05, 0) is 61.7 Å². The van der Waals surface area contributed by atoms with E-state index in [4.69, 9.17) is 4.52 Å². The molecule has 2 aromatic carbocycles. The third-order valence-corrected chi connectivity index (χ3v) is 5.32. The zero-order valence-corrected chi connectivity index (χ0v) is 19.0. The van der Waals surface area contributed by atoms with Crippen LogP contribution in [-0.2, 0) is 6.54 Å². The minimum Gasteiger partial charge on any atom is -0.433 e. The van der Waals surface area contributed by atoms with Crippen LogP contribution in [0.1, 0.15) is 41.5 Å². The first-order valence-electron chi connectivity index (χ1n) is 11.1. The van der Waals surface area contributed by atoms with Crippen molar-refractivity contribution in [2.75, 3.05) is 0 Å². The van der Waals surface area contributed by atoms with Crippen LogP contribution in [0.4, 0.5) is 8.78 Å². The summed E-state index contributed by atoms with van der Waals surface area (Å²) in [5.74, 6) is 1.23. The molecule has 9 nitrogen and oxygen atoms in total. The highest BCUT2D eigenvalue weighted by Gasteiger charge is 2.24. The van der Waals surface area contributed by atoms with Gasteiger partial charge >= 0.3 is 6.11 Å². The Bertz CT molecular complexity index is 1360. The number of aromatic nitrogens is 5. The first-order valence-corrected chi connectivity index (χ1v) is 11.1. The summed E-state index contributed by atoms with van der Waals surface area (Å²) >= 11 is 0. The summed E-state index contributed by atoms with van der Waals surface area (Å²) in [6, 6.07) is 13.6. The number of alkyl halides is 2. The molecule has 11 heteroatoms. The van der Waals surface area contributed by atoms with Crippen LogP contribution in [0.3, 0.4) is 0 Å². The molecule has 4 aromatic rings. The molecule has 1 amide bonds. The van der Waals surface area contributed by atoms with Crippen molar-refractivity contribution < 1.29 is 22.8 Å². The van der Waals surface area contributed by atoms with Gasteiger partial charge in [0.1, 0.15) is 11.6 Å². The van der Waals surface area contributed by atoms with Gasteiger partial charge in [0.25, 0.3) is 11.8 Å². The lowest BCUT2D eigenvalue weighted by Crippen LogP contribution is -2.25. The van der Waals surface area contributed by atoms with E-state index in [0.29, 0.717) is 30.4 Å². The molecule has 0 spiro atoms. The summed E-state index contributed by atoms with van der Waals surface area (Å²) in [7, 11) is 0. The van der Waals surface area contributed by atoms with E-state index in [1.807, 2.05) is 18.2 Å². The topological polar surface area (TPSA) is 108 Å². The molecule has 0 aliphatic heterocycles. The summed E-state index contributed by atoms with van der Waals surface area (Å²) in [6.45, 7) is 2.89. The van der Waals surface area contributed by atoms with Crippen molar-refractivity contribution in [1.82, 2.24) is 30.2 Å². The van der Waals surface area contributed by atoms with Crippen LogP contribution in [0.2, 0.25) is 0 Å². The number of nitrogens with zero attached hydrogens (tertiary/aromatic N) is 5. The molecule has 0 atom stereocenters. The van der Waals surface area contributed by atoms with Gasteiger partial charge in [-0.15, -0.1) is 5.10 Å². The predicted molar refractivity (Wildman–Crippen MR) is 121 cm³/mol. The van der Waals surface area contributed by atoms with Crippen molar-refractivity contribution in [3.63, 3.8) is 0 Å². The first kappa shape index (κ1) is 22.6. The number of halogens is 2. The van der Waals surface area contributed by atoms with E-state index in [2.05, 4.69) is 30.3 Å². The number of hydrogen-bond donors (Lipinski definition) is 1. The van der Waals surface area contributed by atoms with Gasteiger partial charge in [-0.3, -0.25) is 4.79 Å². The Morgan fingerprint density at radius 1 is 1.17 bits per heavy atom. The van der Waals surface area contributed by atoms with Gasteiger partial charge in [0.2, 0.25) is 11.6 Å². The second-order valence-corrected chi connectivity index (χ2v) is 8.45. The Morgan fingerprint density at radius 3 is 2.66 bits per heavy atom. The van der Waals surface area contributed by atoms with Crippen LogP contribution in [0.15, 0.2) is 53.1 Å². The number of aryl methyl sites for hydroxylation is 1. The lowest BCUT2D eigenvalue weighted by Gasteiger charge is -2.12. The van der Waals surface area contributed by atoms with Crippen LogP contribution in [0, 0.1) is 6.92 Å². The fraction of sp³-hybridized carbons (Fsp3) is 0.292. The van der Waals surface area contributed by atoms with Crippen LogP contribution < -0.4 is 10.1 Å². The Morgan fingerprint density at radius 2 is 1.94 bits per heavy atom. The Hall–Kier alpha value is -4.15. The maximum absolute atomic E-state index is 13.0. The van der Waals surface area contributed by atoms with Crippen molar-refractivity contribution >= 4 is 5.91 Å². The number of benzene rings is 2. The van der Waals surface area contributed by atoms with E-state index in [1.165, 1.54) is 12.1 Å². The zero-order valence-electron chi connectivity index (χ0n) is 19.0. The smallest absolute Gasteiger partial charge is 0.394 e. The van der Waals surface area contributed by atoms with Gasteiger partial charge < -0.3 is 14.6 Å². The van der Waals surface area contributed by atoms with Crippen molar-refractivity contribution in [3.05, 3.63) is 65.5 Å². The number of carbonyl (C=O) groups excluding carboxylic acids is 1. The van der Waals surface area contributed by atoms with Crippen LogP contribution in [-0.4, -0.2) is 43.0 Å². The largest absolute Gasteiger partial charge is 0.433 e. The molecule has 0 unspecified atom stereocenters. The fourth-order valence-corrected chi connectivity index (χ4v) is 3.45. The van der Waals surface area contributed by atoms with Crippen LogP contribution in [0.25, 0.3) is 23.1 Å². The maximum Gasteiger partial charge on any atom is 0.394 e. The van der Waals surface area contributed by atoms with E-state index < -0.39 is 6.11 Å². The van der Waals surface area contributed by atoms with Gasteiger partial charge in [-0.1, -0.05) is 17.3 Å². The number of nitrogens with one attached hydrogen (secondary N) is 1. The Balaban J connectivity index is 1.30. The SMILES string of the molecule is Cc1nc(-c2nc(-c3ccc(OC(C)(F)F)cc3)no2)nn1Cc1cccc(C(=O)NC2CC2)c1.